The minimum absolute atomic E-state index is 0.0132. The average Bonchev–Trinajstić information content (AvgIpc) is 2.89. The van der Waals surface area contributed by atoms with Crippen LogP contribution in [0.3, 0.4) is 0 Å². The van der Waals surface area contributed by atoms with Crippen molar-refractivity contribution in [2.24, 2.45) is 0 Å². The highest BCUT2D eigenvalue weighted by molar-refractivity contribution is 7.98. The van der Waals surface area contributed by atoms with Crippen molar-refractivity contribution in [2.45, 2.75) is 84.4 Å². The zero-order valence-electron chi connectivity index (χ0n) is 24.9. The molecule has 0 aliphatic heterocycles. The van der Waals surface area contributed by atoms with E-state index in [2.05, 4.69) is 24.1 Å². The number of nitrogens with one attached hydrogen (secondary N) is 2. The maximum Gasteiger partial charge on any atom is 0.408 e. The van der Waals surface area contributed by atoms with Crippen molar-refractivity contribution >= 4 is 41.7 Å². The van der Waals surface area contributed by atoms with Crippen molar-refractivity contribution < 1.29 is 28.7 Å². The number of hydrogen-bond acceptors (Lipinski definition) is 7. The highest BCUT2D eigenvalue weighted by Crippen LogP contribution is 2.25. The Morgan fingerprint density at radius 3 is 2.48 bits per heavy atom. The summed E-state index contributed by atoms with van der Waals surface area (Å²) in [7, 11) is 0. The van der Waals surface area contributed by atoms with Crippen LogP contribution in [0.5, 0.6) is 0 Å². The number of alkyl carbamates (subject to hydrolysis) is 1. The largest absolute Gasteiger partial charge is 0.466 e. The molecule has 0 aliphatic carbocycles. The van der Waals surface area contributed by atoms with Crippen LogP contribution >= 0.6 is 11.8 Å². The second-order valence-electron chi connectivity index (χ2n) is 10.3. The van der Waals surface area contributed by atoms with E-state index in [1.807, 2.05) is 24.5 Å². The molecule has 1 aromatic rings. The zero-order valence-corrected chi connectivity index (χ0v) is 25.7. The van der Waals surface area contributed by atoms with Crippen molar-refractivity contribution in [3.05, 3.63) is 42.0 Å². The number of esters is 1. The first kappa shape index (κ1) is 35.0. The molecule has 0 heterocycles. The monoisotopic (exact) mass is 577 g/mol. The van der Waals surface area contributed by atoms with Crippen LogP contribution in [-0.2, 0) is 23.9 Å². The SMILES string of the molecule is C=Cc1cccc(C(C(=O)NCCC(=O)OCC)N(CCCCC)C(=O)C(CCSC)NC(=O)OC(C)(C)C)c1. The average molecular weight is 578 g/mol. The van der Waals surface area contributed by atoms with Gasteiger partial charge in [0, 0.05) is 13.1 Å². The van der Waals surface area contributed by atoms with Gasteiger partial charge in [-0.05, 0) is 69.7 Å². The molecule has 0 saturated heterocycles. The van der Waals surface area contributed by atoms with E-state index in [9.17, 15) is 19.2 Å². The Morgan fingerprint density at radius 2 is 1.88 bits per heavy atom. The molecule has 0 spiro atoms. The predicted molar refractivity (Wildman–Crippen MR) is 161 cm³/mol. The van der Waals surface area contributed by atoms with Crippen molar-refractivity contribution in [3.8, 4) is 0 Å². The first-order chi connectivity index (χ1) is 19.0. The van der Waals surface area contributed by atoms with Crippen molar-refractivity contribution in [2.75, 3.05) is 31.7 Å². The molecule has 2 unspecified atom stereocenters. The molecule has 0 saturated carbocycles. The van der Waals surface area contributed by atoms with Gasteiger partial charge in [0.25, 0.3) is 0 Å². The van der Waals surface area contributed by atoms with Crippen LogP contribution in [0.4, 0.5) is 4.79 Å². The van der Waals surface area contributed by atoms with E-state index in [0.29, 0.717) is 30.7 Å². The number of benzene rings is 1. The summed E-state index contributed by atoms with van der Waals surface area (Å²) in [5.41, 5.74) is 0.676. The van der Waals surface area contributed by atoms with Gasteiger partial charge in [-0.15, -0.1) is 0 Å². The van der Waals surface area contributed by atoms with Gasteiger partial charge in [-0.25, -0.2) is 4.79 Å². The molecule has 0 bridgehead atoms. The summed E-state index contributed by atoms with van der Waals surface area (Å²) in [6, 6.07) is 5.41. The van der Waals surface area contributed by atoms with Crippen LogP contribution in [0.15, 0.2) is 30.8 Å². The third-order valence-electron chi connectivity index (χ3n) is 5.84. The Labute approximate surface area is 243 Å². The Kier molecular flexibility index (Phi) is 16.1. The molecule has 2 N–H and O–H groups in total. The van der Waals surface area contributed by atoms with Gasteiger partial charge >= 0.3 is 12.1 Å². The van der Waals surface area contributed by atoms with Crippen LogP contribution in [0.2, 0.25) is 0 Å². The lowest BCUT2D eigenvalue weighted by atomic mass is 9.99. The first-order valence-electron chi connectivity index (χ1n) is 13.9. The minimum atomic E-state index is -0.983. The number of carbonyl (C=O) groups excluding carboxylic acids is 4. The van der Waals surface area contributed by atoms with Crippen LogP contribution in [0.25, 0.3) is 6.08 Å². The van der Waals surface area contributed by atoms with Gasteiger partial charge in [0.05, 0.1) is 13.0 Å². The Bertz CT molecular complexity index is 978. The molecule has 2 atom stereocenters. The summed E-state index contributed by atoms with van der Waals surface area (Å²) in [4.78, 5) is 54.0. The summed E-state index contributed by atoms with van der Waals surface area (Å²) in [6.45, 7) is 13.5. The molecule has 0 radical (unpaired) electrons. The quantitative estimate of drug-likeness (QED) is 0.195. The van der Waals surface area contributed by atoms with Crippen LogP contribution < -0.4 is 10.6 Å². The fraction of sp³-hybridized carbons (Fsp3) is 0.600. The van der Waals surface area contributed by atoms with E-state index in [0.717, 1.165) is 18.4 Å². The maximum absolute atomic E-state index is 14.2. The van der Waals surface area contributed by atoms with E-state index in [4.69, 9.17) is 9.47 Å². The molecule has 1 rings (SSSR count). The number of hydrogen-bond donors (Lipinski definition) is 2. The Hall–Kier alpha value is -3.01. The fourth-order valence-corrected chi connectivity index (χ4v) is 4.46. The predicted octanol–water partition coefficient (Wildman–Crippen LogP) is 5.11. The van der Waals surface area contributed by atoms with E-state index >= 15 is 0 Å². The smallest absolute Gasteiger partial charge is 0.408 e. The van der Waals surface area contributed by atoms with E-state index in [1.54, 1.807) is 56.5 Å². The lowest BCUT2D eigenvalue weighted by Crippen LogP contribution is -2.53. The summed E-state index contributed by atoms with van der Waals surface area (Å²) in [6.07, 6.45) is 5.76. The lowest BCUT2D eigenvalue weighted by molar-refractivity contribution is -0.144. The first-order valence-corrected chi connectivity index (χ1v) is 15.3. The molecular formula is C30H47N3O6S. The van der Waals surface area contributed by atoms with Gasteiger partial charge in [-0.2, -0.15) is 11.8 Å². The summed E-state index contributed by atoms with van der Waals surface area (Å²) in [5, 5.41) is 5.56. The number of carbonyl (C=O) groups is 4. The van der Waals surface area contributed by atoms with Crippen molar-refractivity contribution in [1.29, 1.82) is 0 Å². The number of thioether (sulfide) groups is 1. The van der Waals surface area contributed by atoms with Crippen molar-refractivity contribution in [3.63, 3.8) is 0 Å². The van der Waals surface area contributed by atoms with Crippen LogP contribution in [0, 0.1) is 0 Å². The van der Waals surface area contributed by atoms with E-state index in [1.165, 1.54) is 0 Å². The van der Waals surface area contributed by atoms with Crippen LogP contribution in [-0.4, -0.2) is 72.1 Å². The molecule has 9 nitrogen and oxygen atoms in total. The second kappa shape index (κ2) is 18.4. The number of rotatable bonds is 17. The van der Waals surface area contributed by atoms with E-state index in [-0.39, 0.29) is 25.5 Å². The molecule has 224 valence electrons. The molecule has 40 heavy (non-hydrogen) atoms. The molecule has 1 aromatic carbocycles. The third kappa shape index (κ3) is 12.9. The number of ether oxygens (including phenoxy) is 2. The van der Waals surface area contributed by atoms with Gasteiger partial charge in [0.2, 0.25) is 11.8 Å². The molecule has 0 aromatic heterocycles. The number of nitrogens with zero attached hydrogens (tertiary/aromatic N) is 1. The lowest BCUT2D eigenvalue weighted by Gasteiger charge is -2.34. The summed E-state index contributed by atoms with van der Waals surface area (Å²) >= 11 is 1.56. The van der Waals surface area contributed by atoms with Gasteiger partial charge in [-0.3, -0.25) is 14.4 Å². The standard InChI is InChI=1S/C30H47N3O6S/c1-8-11-12-19-33(28(36)24(17-20-40-7)32-29(37)39-30(4,5)6)26(23-15-13-14-22(9-2)21-23)27(35)31-18-16-25(34)38-10-3/h9,13-15,21,24,26H,2,8,10-12,16-20H2,1,3-7H3,(H,31,35)(H,32,37). The third-order valence-corrected chi connectivity index (χ3v) is 6.49. The highest BCUT2D eigenvalue weighted by atomic mass is 32.2. The zero-order chi connectivity index (χ0) is 30.1. The number of amides is 3. The van der Waals surface area contributed by atoms with Gasteiger partial charge < -0.3 is 25.0 Å². The molecule has 10 heteroatoms. The second-order valence-corrected chi connectivity index (χ2v) is 11.3. The molecule has 0 aliphatic rings. The topological polar surface area (TPSA) is 114 Å². The molecular weight excluding hydrogens is 530 g/mol. The Morgan fingerprint density at radius 1 is 1.15 bits per heavy atom. The fourth-order valence-electron chi connectivity index (χ4n) is 3.99. The van der Waals surface area contributed by atoms with Gasteiger partial charge in [-0.1, -0.05) is 50.6 Å². The van der Waals surface area contributed by atoms with Gasteiger partial charge in [0.1, 0.15) is 17.7 Å². The maximum atomic E-state index is 14.2. The summed E-state index contributed by atoms with van der Waals surface area (Å²) in [5.74, 6) is -0.582. The Balaban J connectivity index is 3.46. The minimum Gasteiger partial charge on any atom is -0.466 e. The van der Waals surface area contributed by atoms with Gasteiger partial charge in [0.15, 0.2) is 0 Å². The molecule has 0 fully saturated rings. The molecule has 3 amide bonds. The highest BCUT2D eigenvalue weighted by Gasteiger charge is 2.36. The number of unbranched alkanes of at least 4 members (excludes halogenated alkanes) is 2. The normalized spacial score (nSPS) is 12.6. The van der Waals surface area contributed by atoms with Crippen LogP contribution in [0.1, 0.15) is 83.9 Å². The summed E-state index contributed by atoms with van der Waals surface area (Å²) < 4.78 is 10.4. The van der Waals surface area contributed by atoms with Crippen molar-refractivity contribution in [1.82, 2.24) is 15.5 Å². The van der Waals surface area contributed by atoms with E-state index < -0.39 is 35.7 Å².